The number of nitrogens with zero attached hydrogens (tertiary/aromatic N) is 3. The predicted molar refractivity (Wildman–Crippen MR) is 59.4 cm³/mol. The van der Waals surface area contributed by atoms with Crippen molar-refractivity contribution in [3.8, 4) is 5.82 Å². The van der Waals surface area contributed by atoms with E-state index in [0.29, 0.717) is 0 Å². The van der Waals surface area contributed by atoms with Crippen LogP contribution in [0.15, 0.2) is 35.6 Å². The lowest BCUT2D eigenvalue weighted by Gasteiger charge is -2.03. The predicted octanol–water partition coefficient (Wildman–Crippen LogP) is 1.61. The summed E-state index contributed by atoms with van der Waals surface area (Å²) in [5.74, 6) is 0.141. The van der Waals surface area contributed by atoms with Gasteiger partial charge in [-0.2, -0.15) is 5.10 Å². The molecule has 5 nitrogen and oxygen atoms in total. The Labute approximate surface area is 102 Å². The first kappa shape index (κ1) is 12.6. The highest BCUT2D eigenvalue weighted by Crippen LogP contribution is 2.20. The quantitative estimate of drug-likeness (QED) is 0.852. The first-order chi connectivity index (χ1) is 8.38. The first-order valence-corrected chi connectivity index (χ1v) is 6.76. The largest absolute Gasteiger partial charge is 0.264 e. The molecule has 2 aromatic rings. The summed E-state index contributed by atoms with van der Waals surface area (Å²) in [6.45, 7) is 0. The molecular weight excluding hydrogens is 264 g/mol. The van der Waals surface area contributed by atoms with Crippen molar-refractivity contribution in [2.75, 3.05) is 6.26 Å². The standard InChI is InChI=1S/C10H9F2N3O2S/c1-18(16,17)8-5-14-15(6-8)9-4-7(10(11)12)2-3-13-9/h2-6,10H,1H3. The van der Waals surface area contributed by atoms with Crippen LogP contribution in [-0.2, 0) is 9.84 Å². The minimum atomic E-state index is -3.38. The third-order valence-electron chi connectivity index (χ3n) is 2.24. The molecule has 0 bridgehead atoms. The van der Waals surface area contributed by atoms with Gasteiger partial charge in [-0.15, -0.1) is 0 Å². The molecule has 0 aromatic carbocycles. The van der Waals surface area contributed by atoms with Crippen molar-refractivity contribution >= 4 is 9.84 Å². The van der Waals surface area contributed by atoms with Gasteiger partial charge in [0.05, 0.1) is 12.4 Å². The number of rotatable bonds is 3. The Kier molecular flexibility index (Phi) is 3.12. The summed E-state index contributed by atoms with van der Waals surface area (Å²) in [4.78, 5) is 3.87. The van der Waals surface area contributed by atoms with E-state index in [2.05, 4.69) is 10.1 Å². The third-order valence-corrected chi connectivity index (χ3v) is 3.31. The van der Waals surface area contributed by atoms with Crippen LogP contribution in [0.3, 0.4) is 0 Å². The Morgan fingerprint density at radius 2 is 2.11 bits per heavy atom. The fourth-order valence-corrected chi connectivity index (χ4v) is 1.85. The molecule has 0 saturated carbocycles. The van der Waals surface area contributed by atoms with Crippen molar-refractivity contribution in [1.82, 2.24) is 14.8 Å². The molecule has 0 aliphatic carbocycles. The molecule has 0 unspecified atom stereocenters. The second-order valence-corrected chi connectivity index (χ2v) is 5.66. The van der Waals surface area contributed by atoms with Gasteiger partial charge < -0.3 is 0 Å². The van der Waals surface area contributed by atoms with Crippen LogP contribution < -0.4 is 0 Å². The monoisotopic (exact) mass is 273 g/mol. The highest BCUT2D eigenvalue weighted by atomic mass is 32.2. The average molecular weight is 273 g/mol. The van der Waals surface area contributed by atoms with E-state index in [9.17, 15) is 17.2 Å². The van der Waals surface area contributed by atoms with Crippen molar-refractivity contribution in [2.45, 2.75) is 11.3 Å². The van der Waals surface area contributed by atoms with Crippen LogP contribution in [0.2, 0.25) is 0 Å². The number of hydrogen-bond acceptors (Lipinski definition) is 4. The molecular formula is C10H9F2N3O2S. The van der Waals surface area contributed by atoms with E-state index < -0.39 is 16.3 Å². The van der Waals surface area contributed by atoms with Gasteiger partial charge in [0, 0.05) is 18.0 Å². The van der Waals surface area contributed by atoms with E-state index in [0.717, 1.165) is 23.2 Å². The summed E-state index contributed by atoms with van der Waals surface area (Å²) in [5.41, 5.74) is -0.198. The number of sulfone groups is 1. The van der Waals surface area contributed by atoms with Gasteiger partial charge in [-0.3, -0.25) is 0 Å². The van der Waals surface area contributed by atoms with Crippen LogP contribution in [0.4, 0.5) is 8.78 Å². The van der Waals surface area contributed by atoms with E-state index in [-0.39, 0.29) is 16.3 Å². The molecule has 0 aliphatic heterocycles. The van der Waals surface area contributed by atoms with Crippen molar-refractivity contribution in [3.63, 3.8) is 0 Å². The summed E-state index contributed by atoms with van der Waals surface area (Å²) in [6, 6.07) is 2.35. The van der Waals surface area contributed by atoms with Crippen molar-refractivity contribution in [2.24, 2.45) is 0 Å². The number of hydrogen-bond donors (Lipinski definition) is 0. The second-order valence-electron chi connectivity index (χ2n) is 3.64. The zero-order valence-electron chi connectivity index (χ0n) is 9.29. The van der Waals surface area contributed by atoms with Crippen molar-refractivity contribution < 1.29 is 17.2 Å². The van der Waals surface area contributed by atoms with Crippen LogP contribution in [0.1, 0.15) is 12.0 Å². The van der Waals surface area contributed by atoms with Gasteiger partial charge >= 0.3 is 0 Å². The lowest BCUT2D eigenvalue weighted by atomic mass is 10.3. The highest BCUT2D eigenvalue weighted by Gasteiger charge is 2.13. The Morgan fingerprint density at radius 1 is 1.39 bits per heavy atom. The zero-order chi connectivity index (χ0) is 13.3. The highest BCUT2D eigenvalue weighted by molar-refractivity contribution is 7.90. The molecule has 0 radical (unpaired) electrons. The molecule has 0 N–H and O–H groups in total. The Bertz CT molecular complexity index is 667. The van der Waals surface area contributed by atoms with Crippen LogP contribution >= 0.6 is 0 Å². The van der Waals surface area contributed by atoms with Gasteiger partial charge in [-0.1, -0.05) is 0 Å². The van der Waals surface area contributed by atoms with Crippen molar-refractivity contribution in [1.29, 1.82) is 0 Å². The maximum absolute atomic E-state index is 12.5. The van der Waals surface area contributed by atoms with E-state index in [1.165, 1.54) is 18.5 Å². The lowest BCUT2D eigenvalue weighted by Crippen LogP contribution is -1.99. The average Bonchev–Trinajstić information content (AvgIpc) is 2.78. The maximum Gasteiger partial charge on any atom is 0.264 e. The van der Waals surface area contributed by atoms with Gasteiger partial charge in [0.15, 0.2) is 15.7 Å². The summed E-state index contributed by atoms with van der Waals surface area (Å²) in [6.07, 6.45) is 2.02. The van der Waals surface area contributed by atoms with E-state index in [1.807, 2.05) is 0 Å². The summed E-state index contributed by atoms with van der Waals surface area (Å²) < 4.78 is 48.7. The number of halogens is 2. The maximum atomic E-state index is 12.5. The Balaban J connectivity index is 2.43. The third kappa shape index (κ3) is 2.53. The normalized spacial score (nSPS) is 12.0. The molecule has 8 heteroatoms. The fraction of sp³-hybridized carbons (Fsp3) is 0.200. The SMILES string of the molecule is CS(=O)(=O)c1cnn(-c2cc(C(F)F)ccn2)c1. The molecule has 0 spiro atoms. The molecule has 2 heterocycles. The van der Waals surface area contributed by atoms with E-state index >= 15 is 0 Å². The van der Waals surface area contributed by atoms with Gasteiger partial charge in [-0.05, 0) is 12.1 Å². The summed E-state index contributed by atoms with van der Waals surface area (Å²) in [7, 11) is -3.38. The van der Waals surface area contributed by atoms with Crippen LogP contribution in [-0.4, -0.2) is 29.4 Å². The second kappa shape index (κ2) is 4.45. The van der Waals surface area contributed by atoms with Gasteiger partial charge in [-0.25, -0.2) is 26.9 Å². The van der Waals surface area contributed by atoms with Crippen molar-refractivity contribution in [3.05, 3.63) is 36.3 Å². The molecule has 0 amide bonds. The number of alkyl halides is 2. The van der Waals surface area contributed by atoms with E-state index in [1.54, 1.807) is 0 Å². The topological polar surface area (TPSA) is 64.8 Å². The first-order valence-electron chi connectivity index (χ1n) is 4.87. The molecule has 0 atom stereocenters. The molecule has 0 fully saturated rings. The minimum Gasteiger partial charge on any atom is -0.237 e. The lowest BCUT2D eigenvalue weighted by molar-refractivity contribution is 0.151. The molecule has 0 aliphatic rings. The van der Waals surface area contributed by atoms with Crippen LogP contribution in [0.25, 0.3) is 5.82 Å². The Morgan fingerprint density at radius 3 is 2.67 bits per heavy atom. The fourth-order valence-electron chi connectivity index (χ4n) is 1.32. The molecule has 0 saturated heterocycles. The van der Waals surface area contributed by atoms with Crippen LogP contribution in [0.5, 0.6) is 0 Å². The smallest absolute Gasteiger partial charge is 0.237 e. The minimum absolute atomic E-state index is 0.00625. The summed E-state index contributed by atoms with van der Waals surface area (Å²) >= 11 is 0. The van der Waals surface area contributed by atoms with E-state index in [4.69, 9.17) is 0 Å². The van der Waals surface area contributed by atoms with Gasteiger partial charge in [0.25, 0.3) is 6.43 Å². The Hall–Kier alpha value is -1.83. The number of aromatic nitrogens is 3. The molecule has 96 valence electrons. The van der Waals surface area contributed by atoms with Gasteiger partial charge in [0.1, 0.15) is 4.90 Å². The molecule has 18 heavy (non-hydrogen) atoms. The molecule has 2 aromatic heterocycles. The van der Waals surface area contributed by atoms with Crippen LogP contribution in [0, 0.1) is 0 Å². The number of pyridine rings is 1. The zero-order valence-corrected chi connectivity index (χ0v) is 10.1. The van der Waals surface area contributed by atoms with Gasteiger partial charge in [0.2, 0.25) is 0 Å². The summed E-state index contributed by atoms with van der Waals surface area (Å²) in [5, 5.41) is 3.78. The molecule has 2 rings (SSSR count).